The Morgan fingerprint density at radius 3 is 1.86 bits per heavy atom. The summed E-state index contributed by atoms with van der Waals surface area (Å²) in [4.78, 5) is 9.32. The van der Waals surface area contributed by atoms with Gasteiger partial charge in [0.15, 0.2) is 0 Å². The normalized spacial score (nSPS) is 10.2. The van der Waals surface area contributed by atoms with Crippen LogP contribution < -0.4 is 10.1 Å². The van der Waals surface area contributed by atoms with Gasteiger partial charge in [0.1, 0.15) is 17.4 Å². The molecular formula is C24H18N4O. The molecule has 0 bridgehead atoms. The number of ether oxygens (including phenoxy) is 1. The summed E-state index contributed by atoms with van der Waals surface area (Å²) in [5.41, 5.74) is 4.14. The Morgan fingerprint density at radius 1 is 0.759 bits per heavy atom. The Labute approximate surface area is 169 Å². The third-order valence-electron chi connectivity index (χ3n) is 4.46. The standard InChI is InChI=1S/C24H18N4O/c1-29-20-14-12-18(13-15-20)23-21(16-25)22(17-8-4-2-5-9-17)27-24(28-23)26-19-10-6-3-7-11-19/h2-15H,1H3,(H,26,27,28). The molecule has 4 aromatic rings. The van der Waals surface area contributed by atoms with Crippen molar-refractivity contribution >= 4 is 11.6 Å². The summed E-state index contributed by atoms with van der Waals surface area (Å²) in [6.45, 7) is 0. The van der Waals surface area contributed by atoms with Crippen molar-refractivity contribution in [3.8, 4) is 34.3 Å². The molecule has 3 aromatic carbocycles. The Kier molecular flexibility index (Phi) is 5.17. The molecule has 0 atom stereocenters. The lowest BCUT2D eigenvalue weighted by Crippen LogP contribution is -2.04. The number of nitrogens with zero attached hydrogens (tertiary/aromatic N) is 3. The molecule has 0 unspecified atom stereocenters. The van der Waals surface area contributed by atoms with E-state index in [2.05, 4.69) is 21.4 Å². The third-order valence-corrected chi connectivity index (χ3v) is 4.46. The first-order valence-electron chi connectivity index (χ1n) is 9.12. The maximum absolute atomic E-state index is 9.93. The molecule has 5 nitrogen and oxygen atoms in total. The SMILES string of the molecule is COc1ccc(-c2nc(Nc3ccccc3)nc(-c3ccccc3)c2C#N)cc1. The van der Waals surface area contributed by atoms with Gasteiger partial charge in [-0.05, 0) is 36.4 Å². The van der Waals surface area contributed by atoms with Gasteiger partial charge in [-0.15, -0.1) is 0 Å². The number of rotatable bonds is 5. The van der Waals surface area contributed by atoms with E-state index in [4.69, 9.17) is 4.74 Å². The quantitative estimate of drug-likeness (QED) is 0.501. The van der Waals surface area contributed by atoms with Crippen molar-refractivity contribution in [1.82, 2.24) is 9.97 Å². The van der Waals surface area contributed by atoms with Crippen LogP contribution in [0.3, 0.4) is 0 Å². The topological polar surface area (TPSA) is 70.8 Å². The zero-order chi connectivity index (χ0) is 20.1. The van der Waals surface area contributed by atoms with Crippen molar-refractivity contribution in [3.63, 3.8) is 0 Å². The minimum Gasteiger partial charge on any atom is -0.497 e. The van der Waals surface area contributed by atoms with E-state index in [1.54, 1.807) is 7.11 Å². The van der Waals surface area contributed by atoms with Crippen LogP contribution >= 0.6 is 0 Å². The summed E-state index contributed by atoms with van der Waals surface area (Å²) < 4.78 is 5.25. The highest BCUT2D eigenvalue weighted by atomic mass is 16.5. The highest BCUT2D eigenvalue weighted by Crippen LogP contribution is 2.32. The third kappa shape index (κ3) is 3.92. The Balaban J connectivity index is 1.90. The maximum Gasteiger partial charge on any atom is 0.228 e. The van der Waals surface area contributed by atoms with Crippen molar-refractivity contribution in [2.75, 3.05) is 12.4 Å². The number of aromatic nitrogens is 2. The number of hydrogen-bond donors (Lipinski definition) is 1. The second-order valence-electron chi connectivity index (χ2n) is 6.32. The fraction of sp³-hybridized carbons (Fsp3) is 0.0417. The van der Waals surface area contributed by atoms with Crippen molar-refractivity contribution < 1.29 is 4.74 Å². The van der Waals surface area contributed by atoms with Crippen LogP contribution in [0.25, 0.3) is 22.5 Å². The molecule has 0 aliphatic heterocycles. The number of para-hydroxylation sites is 1. The van der Waals surface area contributed by atoms with Gasteiger partial charge in [-0.1, -0.05) is 48.5 Å². The summed E-state index contributed by atoms with van der Waals surface area (Å²) in [7, 11) is 1.62. The molecule has 0 amide bonds. The van der Waals surface area contributed by atoms with Crippen LogP contribution in [0.4, 0.5) is 11.6 Å². The van der Waals surface area contributed by atoms with Crippen molar-refractivity contribution in [2.45, 2.75) is 0 Å². The molecule has 5 heteroatoms. The number of nitriles is 1. The first kappa shape index (κ1) is 18.2. The van der Waals surface area contributed by atoms with Crippen LogP contribution in [0.5, 0.6) is 5.75 Å². The summed E-state index contributed by atoms with van der Waals surface area (Å²) in [5, 5.41) is 13.2. The molecule has 0 spiro atoms. The van der Waals surface area contributed by atoms with Gasteiger partial charge < -0.3 is 10.1 Å². The van der Waals surface area contributed by atoms with Gasteiger partial charge in [-0.2, -0.15) is 5.26 Å². The zero-order valence-electron chi connectivity index (χ0n) is 15.8. The first-order chi connectivity index (χ1) is 14.3. The van der Waals surface area contributed by atoms with E-state index < -0.39 is 0 Å². The van der Waals surface area contributed by atoms with Crippen LogP contribution in [-0.2, 0) is 0 Å². The van der Waals surface area contributed by atoms with Gasteiger partial charge in [0.2, 0.25) is 5.95 Å². The highest BCUT2D eigenvalue weighted by molar-refractivity contribution is 5.79. The van der Waals surface area contributed by atoms with Gasteiger partial charge in [0.05, 0.1) is 18.5 Å². The van der Waals surface area contributed by atoms with Gasteiger partial charge in [0.25, 0.3) is 0 Å². The number of nitrogens with one attached hydrogen (secondary N) is 1. The Bertz CT molecular complexity index is 1150. The monoisotopic (exact) mass is 378 g/mol. The first-order valence-corrected chi connectivity index (χ1v) is 9.12. The molecule has 0 radical (unpaired) electrons. The van der Waals surface area contributed by atoms with E-state index in [9.17, 15) is 5.26 Å². The van der Waals surface area contributed by atoms with Crippen LogP contribution in [-0.4, -0.2) is 17.1 Å². The fourth-order valence-electron chi connectivity index (χ4n) is 3.04. The summed E-state index contributed by atoms with van der Waals surface area (Å²) >= 11 is 0. The lowest BCUT2D eigenvalue weighted by atomic mass is 10.0. The van der Waals surface area contributed by atoms with Crippen LogP contribution in [0, 0.1) is 11.3 Å². The Morgan fingerprint density at radius 2 is 1.31 bits per heavy atom. The molecule has 0 saturated carbocycles. The largest absolute Gasteiger partial charge is 0.497 e. The minimum atomic E-state index is 0.430. The highest BCUT2D eigenvalue weighted by Gasteiger charge is 2.17. The van der Waals surface area contributed by atoms with Crippen LogP contribution in [0.2, 0.25) is 0 Å². The Hall–Kier alpha value is -4.17. The second-order valence-corrected chi connectivity index (χ2v) is 6.32. The molecule has 0 saturated heterocycles. The summed E-state index contributed by atoms with van der Waals surface area (Å²) in [6.07, 6.45) is 0. The molecule has 140 valence electrons. The molecule has 1 aromatic heterocycles. The number of hydrogen-bond acceptors (Lipinski definition) is 5. The molecule has 0 aliphatic carbocycles. The number of benzene rings is 3. The van der Waals surface area contributed by atoms with Crippen LogP contribution in [0.1, 0.15) is 5.56 Å². The van der Waals surface area contributed by atoms with E-state index in [1.165, 1.54) is 0 Å². The molecule has 1 heterocycles. The van der Waals surface area contributed by atoms with Crippen LogP contribution in [0.15, 0.2) is 84.9 Å². The summed E-state index contributed by atoms with van der Waals surface area (Å²) in [5.74, 6) is 1.17. The van der Waals surface area contributed by atoms with Crippen molar-refractivity contribution in [1.29, 1.82) is 5.26 Å². The summed E-state index contributed by atoms with van der Waals surface area (Å²) in [6, 6.07) is 29.2. The molecule has 1 N–H and O–H groups in total. The van der Waals surface area contributed by atoms with E-state index in [1.807, 2.05) is 84.9 Å². The smallest absolute Gasteiger partial charge is 0.228 e. The lowest BCUT2D eigenvalue weighted by molar-refractivity contribution is 0.415. The van der Waals surface area contributed by atoms with Gasteiger partial charge >= 0.3 is 0 Å². The average Bonchev–Trinajstić information content (AvgIpc) is 2.80. The fourth-order valence-corrected chi connectivity index (χ4v) is 3.04. The zero-order valence-corrected chi connectivity index (χ0v) is 15.8. The van der Waals surface area contributed by atoms with E-state index in [-0.39, 0.29) is 0 Å². The van der Waals surface area contributed by atoms with Crippen molar-refractivity contribution in [3.05, 3.63) is 90.5 Å². The molecule has 4 rings (SSSR count). The molecule has 29 heavy (non-hydrogen) atoms. The van der Waals surface area contributed by atoms with Gasteiger partial charge in [-0.3, -0.25) is 0 Å². The predicted molar refractivity (Wildman–Crippen MR) is 114 cm³/mol. The molecule has 0 aliphatic rings. The second kappa shape index (κ2) is 8.24. The number of anilines is 2. The number of methoxy groups -OCH3 is 1. The van der Waals surface area contributed by atoms with Crippen molar-refractivity contribution in [2.24, 2.45) is 0 Å². The van der Waals surface area contributed by atoms with E-state index in [0.29, 0.717) is 22.9 Å². The van der Waals surface area contributed by atoms with E-state index in [0.717, 1.165) is 22.6 Å². The average molecular weight is 378 g/mol. The molecular weight excluding hydrogens is 360 g/mol. The predicted octanol–water partition coefficient (Wildman–Crippen LogP) is 5.43. The van der Waals surface area contributed by atoms with E-state index >= 15 is 0 Å². The minimum absolute atomic E-state index is 0.430. The maximum atomic E-state index is 9.93. The lowest BCUT2D eigenvalue weighted by Gasteiger charge is -2.13. The molecule has 0 fully saturated rings. The van der Waals surface area contributed by atoms with Gasteiger partial charge in [0, 0.05) is 16.8 Å². The van der Waals surface area contributed by atoms with Gasteiger partial charge in [-0.25, -0.2) is 9.97 Å².